The fourth-order valence-corrected chi connectivity index (χ4v) is 7.51. The zero-order valence-electron chi connectivity index (χ0n) is 30.2. The Hall–Kier alpha value is -2.85. The minimum Gasteiger partial charge on any atom is -0.493 e. The van der Waals surface area contributed by atoms with Gasteiger partial charge in [0, 0.05) is 42.5 Å². The summed E-state index contributed by atoms with van der Waals surface area (Å²) in [5.74, 6) is 1.37. The second kappa shape index (κ2) is 15.6. The smallest absolute Gasteiger partial charge is 0.326 e. The SMILES string of the molecule is C/C=C(C1=N[C@@](C)(c2ccc(Cl)cc2)[C@@](C)(c2ccc(Cl)cc2)N1C(=O)N1CCN(CCCS(C)(=O)=O)CC1)\C(=C/CC(C)(C)C)OCC. The number of nitrogens with zero attached hydrogens (tertiary/aromatic N) is 4. The second-order valence-corrected chi connectivity index (χ2v) is 17.6. The number of aliphatic imine (C=N–C) groups is 1. The molecule has 0 N–H and O–H groups in total. The van der Waals surface area contributed by atoms with Gasteiger partial charge >= 0.3 is 6.03 Å². The first-order chi connectivity index (χ1) is 22.9. The average molecular weight is 732 g/mol. The van der Waals surface area contributed by atoms with E-state index in [0.29, 0.717) is 67.4 Å². The molecule has 2 heterocycles. The largest absolute Gasteiger partial charge is 0.493 e. The lowest BCUT2D eigenvalue weighted by molar-refractivity contribution is 0.0866. The summed E-state index contributed by atoms with van der Waals surface area (Å²) in [5.41, 5.74) is 0.610. The van der Waals surface area contributed by atoms with Gasteiger partial charge in [0.2, 0.25) is 0 Å². The molecule has 0 radical (unpaired) electrons. The van der Waals surface area contributed by atoms with Crippen molar-refractivity contribution in [2.24, 2.45) is 10.4 Å². The second-order valence-electron chi connectivity index (χ2n) is 14.5. The summed E-state index contributed by atoms with van der Waals surface area (Å²) in [6.07, 6.45) is 6.69. The third-order valence-electron chi connectivity index (χ3n) is 9.57. The van der Waals surface area contributed by atoms with Crippen molar-refractivity contribution in [3.8, 4) is 0 Å². The molecule has 2 aliphatic rings. The Morgan fingerprint density at radius 3 is 2.00 bits per heavy atom. The first kappa shape index (κ1) is 38.9. The molecule has 2 aromatic rings. The first-order valence-electron chi connectivity index (χ1n) is 17.0. The Bertz CT molecular complexity index is 1680. The van der Waals surface area contributed by atoms with Crippen molar-refractivity contribution < 1.29 is 17.9 Å². The number of piperazine rings is 1. The quantitative estimate of drug-likeness (QED) is 0.172. The van der Waals surface area contributed by atoms with Crippen molar-refractivity contribution in [3.05, 3.63) is 93.2 Å². The van der Waals surface area contributed by atoms with Gasteiger partial charge in [0.05, 0.1) is 17.9 Å². The minimum absolute atomic E-state index is 0.0187. The van der Waals surface area contributed by atoms with Crippen LogP contribution in [0.4, 0.5) is 4.79 Å². The number of rotatable bonds is 11. The lowest BCUT2D eigenvalue weighted by atomic mass is 9.71. The maximum Gasteiger partial charge on any atom is 0.326 e. The monoisotopic (exact) mass is 730 g/mol. The molecule has 1 saturated heterocycles. The summed E-state index contributed by atoms with van der Waals surface area (Å²) in [6, 6.07) is 15.2. The Kier molecular flexibility index (Phi) is 12.4. The topological polar surface area (TPSA) is 82.5 Å². The Balaban J connectivity index is 1.86. The minimum atomic E-state index is -3.03. The van der Waals surface area contributed by atoms with Crippen molar-refractivity contribution in [2.45, 2.75) is 72.4 Å². The fraction of sp³-hybridized carbons (Fsp3) is 0.526. The molecule has 2 aliphatic heterocycles. The maximum absolute atomic E-state index is 15.1. The van der Waals surface area contributed by atoms with Crippen LogP contribution in [0, 0.1) is 5.41 Å². The summed E-state index contributed by atoms with van der Waals surface area (Å²) in [5, 5.41) is 1.21. The van der Waals surface area contributed by atoms with E-state index in [1.807, 2.05) is 78.3 Å². The predicted molar refractivity (Wildman–Crippen MR) is 202 cm³/mol. The standard InChI is InChI=1S/C38H52Cl2N4O4S/c1-9-32(33(48-10-2)20-21-36(3,4)5)34-41-37(6,28-12-16-30(39)17-13-28)38(7,29-14-18-31(40)19-15-29)44(34)35(45)43-25-23-42(24-26-43)22-11-27-49(8,46)47/h9,12-20H,10-11,21-27H2,1-8H3/b32-9+,33-20+/t37-,38+/m0/s1. The molecule has 0 aliphatic carbocycles. The van der Waals surface area contributed by atoms with Crippen molar-refractivity contribution in [1.29, 1.82) is 0 Å². The van der Waals surface area contributed by atoms with Crippen LogP contribution in [-0.4, -0.2) is 86.3 Å². The lowest BCUT2D eigenvalue weighted by Gasteiger charge is -2.47. The van der Waals surface area contributed by atoms with E-state index in [1.54, 1.807) is 0 Å². The molecule has 0 bridgehead atoms. The van der Waals surface area contributed by atoms with Gasteiger partial charge in [0.1, 0.15) is 32.5 Å². The maximum atomic E-state index is 15.1. The molecule has 0 unspecified atom stereocenters. The van der Waals surface area contributed by atoms with E-state index in [0.717, 1.165) is 23.1 Å². The summed E-state index contributed by atoms with van der Waals surface area (Å²) in [4.78, 5) is 26.7. The molecular formula is C38H52Cl2N4O4S. The average Bonchev–Trinajstić information content (AvgIpc) is 3.27. The summed E-state index contributed by atoms with van der Waals surface area (Å²) in [7, 11) is -3.03. The van der Waals surface area contributed by atoms with Crippen LogP contribution in [0.3, 0.4) is 0 Å². The van der Waals surface area contributed by atoms with Gasteiger partial charge in [0.15, 0.2) is 0 Å². The molecule has 8 nitrogen and oxygen atoms in total. The third kappa shape index (κ3) is 8.91. The Morgan fingerprint density at radius 2 is 1.51 bits per heavy atom. The molecule has 2 amide bonds. The predicted octanol–water partition coefficient (Wildman–Crippen LogP) is 8.31. The number of urea groups is 1. The number of carbonyl (C=O) groups is 1. The zero-order chi connectivity index (χ0) is 36.2. The molecule has 1 fully saturated rings. The Morgan fingerprint density at radius 1 is 0.959 bits per heavy atom. The number of hydrogen-bond donors (Lipinski definition) is 0. The highest BCUT2D eigenvalue weighted by Gasteiger charge is 2.60. The normalized spacial score (nSPS) is 22.8. The van der Waals surface area contributed by atoms with Crippen LogP contribution < -0.4 is 0 Å². The molecule has 0 saturated carbocycles. The van der Waals surface area contributed by atoms with Crippen molar-refractivity contribution in [1.82, 2.24) is 14.7 Å². The third-order valence-corrected chi connectivity index (χ3v) is 11.1. The van der Waals surface area contributed by atoms with Gasteiger partial charge in [-0.3, -0.25) is 14.8 Å². The zero-order valence-corrected chi connectivity index (χ0v) is 32.6. The number of hydrogen-bond acceptors (Lipinski definition) is 6. The van der Waals surface area contributed by atoms with Crippen LogP contribution in [0.15, 0.2) is 77.0 Å². The van der Waals surface area contributed by atoms with Gasteiger partial charge in [-0.15, -0.1) is 0 Å². The van der Waals surface area contributed by atoms with E-state index in [9.17, 15) is 8.42 Å². The van der Waals surface area contributed by atoms with E-state index >= 15 is 4.79 Å². The van der Waals surface area contributed by atoms with Crippen molar-refractivity contribution >= 4 is 44.9 Å². The molecule has 11 heteroatoms. The number of allylic oxidation sites excluding steroid dienone is 2. The summed E-state index contributed by atoms with van der Waals surface area (Å²) < 4.78 is 29.7. The van der Waals surface area contributed by atoms with E-state index in [2.05, 4.69) is 45.6 Å². The lowest BCUT2D eigenvalue weighted by Crippen LogP contribution is -2.60. The van der Waals surface area contributed by atoms with Gasteiger partial charge in [-0.05, 0) is 94.0 Å². The number of halogens is 2. The Labute approximate surface area is 303 Å². The number of ether oxygens (including phenoxy) is 1. The molecular weight excluding hydrogens is 679 g/mol. The molecule has 2 atom stereocenters. The van der Waals surface area contributed by atoms with Gasteiger partial charge in [-0.2, -0.15) is 0 Å². The number of carbonyl (C=O) groups excluding carboxylic acids is 1. The summed E-state index contributed by atoms with van der Waals surface area (Å²) >= 11 is 12.8. The van der Waals surface area contributed by atoms with Crippen LogP contribution in [-0.2, 0) is 25.7 Å². The molecule has 49 heavy (non-hydrogen) atoms. The van der Waals surface area contributed by atoms with Crippen LogP contribution in [0.1, 0.15) is 72.4 Å². The van der Waals surface area contributed by atoms with Crippen LogP contribution in [0.2, 0.25) is 10.0 Å². The van der Waals surface area contributed by atoms with E-state index < -0.39 is 20.9 Å². The highest BCUT2D eigenvalue weighted by Crippen LogP contribution is 2.54. The highest BCUT2D eigenvalue weighted by atomic mass is 35.5. The molecule has 0 aromatic heterocycles. The van der Waals surface area contributed by atoms with E-state index in [1.165, 1.54) is 6.26 Å². The van der Waals surface area contributed by atoms with Gasteiger partial charge in [0.25, 0.3) is 0 Å². The molecule has 2 aromatic carbocycles. The fourth-order valence-electron chi connectivity index (χ4n) is 6.60. The number of sulfone groups is 1. The molecule has 4 rings (SSSR count). The first-order valence-corrected chi connectivity index (χ1v) is 19.9. The van der Waals surface area contributed by atoms with E-state index in [-0.39, 0.29) is 17.2 Å². The van der Waals surface area contributed by atoms with Crippen LogP contribution in [0.25, 0.3) is 0 Å². The number of amides is 2. The summed E-state index contributed by atoms with van der Waals surface area (Å²) in [6.45, 7) is 18.0. The van der Waals surface area contributed by atoms with Crippen LogP contribution >= 0.6 is 23.2 Å². The van der Waals surface area contributed by atoms with Gasteiger partial charge in [-0.25, -0.2) is 13.2 Å². The molecule has 268 valence electrons. The highest BCUT2D eigenvalue weighted by molar-refractivity contribution is 7.90. The van der Waals surface area contributed by atoms with Crippen molar-refractivity contribution in [2.75, 3.05) is 51.3 Å². The van der Waals surface area contributed by atoms with E-state index in [4.69, 9.17) is 32.9 Å². The number of benzene rings is 2. The molecule has 0 spiro atoms. The van der Waals surface area contributed by atoms with Gasteiger partial charge in [-0.1, -0.05) is 74.3 Å². The van der Waals surface area contributed by atoms with Crippen molar-refractivity contribution in [3.63, 3.8) is 0 Å². The number of amidine groups is 1. The van der Waals surface area contributed by atoms with Crippen LogP contribution in [0.5, 0.6) is 0 Å². The van der Waals surface area contributed by atoms with Gasteiger partial charge < -0.3 is 9.64 Å².